The Morgan fingerprint density at radius 3 is 2.38 bits per heavy atom. The fraction of sp³-hybridized carbons (Fsp3) is 0.750. The van der Waals surface area contributed by atoms with Crippen molar-refractivity contribution >= 4 is 35.5 Å². The van der Waals surface area contributed by atoms with Gasteiger partial charge in [0, 0.05) is 18.4 Å². The van der Waals surface area contributed by atoms with Gasteiger partial charge in [0.1, 0.15) is 0 Å². The molecule has 0 radical (unpaired) electrons. The number of rotatable bonds is 3. The van der Waals surface area contributed by atoms with Gasteiger partial charge in [0.15, 0.2) is 0 Å². The van der Waals surface area contributed by atoms with E-state index < -0.39 is 25.3 Å². The number of aliphatic carboxylic acids is 1. The minimum absolute atomic E-state index is 0. The van der Waals surface area contributed by atoms with Crippen LogP contribution in [0.15, 0.2) is 0 Å². The van der Waals surface area contributed by atoms with Crippen molar-refractivity contribution < 1.29 is 23.2 Å². The zero-order chi connectivity index (χ0) is 11.1. The number of hydrogen-bond acceptors (Lipinski definition) is 2. The Kier molecular flexibility index (Phi) is 2.80. The van der Waals surface area contributed by atoms with Gasteiger partial charge >= 0.3 is 35.5 Å². The fourth-order valence-electron chi connectivity index (χ4n) is 0.0814. The van der Waals surface area contributed by atoms with E-state index in [1.807, 2.05) is 0 Å². The maximum absolute atomic E-state index is 10.2. The van der Waals surface area contributed by atoms with Gasteiger partial charge in [-0.1, -0.05) is 0 Å². The number of carboxylic acid groups (broad SMARTS) is 1. The van der Waals surface area contributed by atoms with Crippen LogP contribution in [0.1, 0.15) is 21.0 Å². The van der Waals surface area contributed by atoms with Gasteiger partial charge in [-0.3, -0.25) is 4.79 Å². The van der Waals surface area contributed by atoms with Crippen LogP contribution in [0.3, 0.4) is 0 Å². The molecule has 0 aliphatic heterocycles. The molecule has 0 aliphatic carbocycles. The molecule has 0 heterocycles. The summed E-state index contributed by atoms with van der Waals surface area (Å²) in [6.07, 6.45) is -7.02. The molecule has 2 N–H and O–H groups in total. The molecular weight excluding hydrogens is 119 g/mol. The van der Waals surface area contributed by atoms with Gasteiger partial charge in [-0.05, 0) is 6.37 Å². The molecule has 0 aromatic heterocycles. The SMILES string of the molecule is [2H]C([2H])(O)C([2H])([2H])C([2H])([2H])C(=O)O.[NaH]. The van der Waals surface area contributed by atoms with E-state index in [0.717, 1.165) is 0 Å². The van der Waals surface area contributed by atoms with Crippen molar-refractivity contribution in [2.75, 3.05) is 6.56 Å². The number of aliphatic hydroxyl groups is 1. The van der Waals surface area contributed by atoms with E-state index in [9.17, 15) is 4.79 Å². The first kappa shape index (κ1) is 3.01. The first-order chi connectivity index (χ1) is 5.44. The van der Waals surface area contributed by atoms with Crippen molar-refractivity contribution in [1.29, 1.82) is 0 Å². The fourth-order valence-corrected chi connectivity index (χ4v) is 0.0814. The molecule has 8 heavy (non-hydrogen) atoms. The molecular formula is C4H9NaO3. The molecule has 44 valence electrons. The summed E-state index contributed by atoms with van der Waals surface area (Å²) in [5.74, 6) is -2.17. The van der Waals surface area contributed by atoms with Crippen molar-refractivity contribution in [3.05, 3.63) is 0 Å². The molecule has 0 bridgehead atoms. The second-order valence-corrected chi connectivity index (χ2v) is 0.667. The van der Waals surface area contributed by atoms with Gasteiger partial charge in [0.25, 0.3) is 0 Å². The summed E-state index contributed by atoms with van der Waals surface area (Å²) in [6.45, 7) is -3.56. The van der Waals surface area contributed by atoms with E-state index >= 15 is 0 Å². The van der Waals surface area contributed by atoms with Crippen LogP contribution >= 0.6 is 0 Å². The van der Waals surface area contributed by atoms with Gasteiger partial charge < -0.3 is 10.2 Å². The van der Waals surface area contributed by atoms with E-state index in [-0.39, 0.29) is 29.6 Å². The average molecular weight is 134 g/mol. The van der Waals surface area contributed by atoms with E-state index in [2.05, 4.69) is 0 Å². The van der Waals surface area contributed by atoms with Crippen LogP contribution in [-0.2, 0) is 4.79 Å². The van der Waals surface area contributed by atoms with E-state index in [4.69, 9.17) is 18.4 Å². The predicted octanol–water partition coefficient (Wildman–Crippen LogP) is -0.805. The maximum atomic E-state index is 10.2. The third kappa shape index (κ3) is 9.66. The van der Waals surface area contributed by atoms with Crippen LogP contribution in [0.5, 0.6) is 0 Å². The normalized spacial score (nSPS) is 24.1. The topological polar surface area (TPSA) is 57.5 Å². The zero-order valence-corrected chi connectivity index (χ0v) is 3.30. The van der Waals surface area contributed by atoms with Gasteiger partial charge in [-0.25, -0.2) is 0 Å². The van der Waals surface area contributed by atoms with E-state index in [0.29, 0.717) is 0 Å². The molecule has 0 amide bonds. The monoisotopic (exact) mass is 134 g/mol. The number of hydrogen-bond donors (Lipinski definition) is 2. The molecule has 0 rings (SSSR count). The van der Waals surface area contributed by atoms with E-state index in [1.54, 1.807) is 0 Å². The number of carbonyl (C=O) groups is 1. The molecule has 0 atom stereocenters. The Bertz CT molecular complexity index is 224. The average Bonchev–Trinajstić information content (AvgIpc) is 1.84. The summed E-state index contributed by atoms with van der Waals surface area (Å²) < 4.78 is 40.1. The third-order valence-electron chi connectivity index (χ3n) is 0.225. The first-order valence-corrected chi connectivity index (χ1v) is 1.40. The van der Waals surface area contributed by atoms with Crippen LogP contribution in [-0.4, -0.2) is 52.3 Å². The minimum atomic E-state index is -3.56. The van der Waals surface area contributed by atoms with Gasteiger partial charge in [0.05, 0.1) is 2.74 Å². The van der Waals surface area contributed by atoms with Gasteiger partial charge in [-0.15, -0.1) is 0 Å². The second-order valence-electron chi connectivity index (χ2n) is 0.667. The molecule has 0 spiro atoms. The van der Waals surface area contributed by atoms with Crippen molar-refractivity contribution in [1.82, 2.24) is 0 Å². The van der Waals surface area contributed by atoms with Crippen molar-refractivity contribution in [3.63, 3.8) is 0 Å². The quantitative estimate of drug-likeness (QED) is 0.496. The summed E-state index contributed by atoms with van der Waals surface area (Å²) in [4.78, 5) is 10.2. The molecule has 0 unspecified atom stereocenters. The van der Waals surface area contributed by atoms with Crippen LogP contribution in [0, 0.1) is 0 Å². The molecule has 0 saturated carbocycles. The van der Waals surface area contributed by atoms with Gasteiger partial charge in [-0.2, -0.15) is 0 Å². The predicted molar refractivity (Wildman–Crippen MR) is 31.1 cm³/mol. The van der Waals surface area contributed by atoms with Crippen molar-refractivity contribution in [2.24, 2.45) is 0 Å². The van der Waals surface area contributed by atoms with Gasteiger partial charge in [0.2, 0.25) is 0 Å². The summed E-state index contributed by atoms with van der Waals surface area (Å²) in [5, 5.41) is 16.8. The Hall–Kier alpha value is 0.430. The summed E-state index contributed by atoms with van der Waals surface area (Å²) in [6, 6.07) is 0. The zero-order valence-electron chi connectivity index (χ0n) is 9.30. The molecule has 4 heteroatoms. The van der Waals surface area contributed by atoms with E-state index in [1.165, 1.54) is 0 Å². The van der Waals surface area contributed by atoms with Crippen molar-refractivity contribution in [2.45, 2.75) is 12.7 Å². The summed E-state index contributed by atoms with van der Waals surface area (Å²) in [7, 11) is 0. The molecule has 0 saturated heterocycles. The van der Waals surface area contributed by atoms with Crippen LogP contribution in [0.2, 0.25) is 0 Å². The third-order valence-corrected chi connectivity index (χ3v) is 0.225. The molecule has 0 fully saturated rings. The summed E-state index contributed by atoms with van der Waals surface area (Å²) in [5.41, 5.74) is 0. The Labute approximate surface area is 78.4 Å². The van der Waals surface area contributed by atoms with Crippen molar-refractivity contribution in [3.8, 4) is 0 Å². The standard InChI is InChI=1S/C4H8O3.Na.H/c5-3-1-2-4(6)7;;/h5H,1-3H2,(H,6,7);;/i1D2,2D2,3D2;;. The molecule has 0 aromatic carbocycles. The Balaban J connectivity index is 0. The second kappa shape index (κ2) is 7.43. The van der Waals surface area contributed by atoms with Crippen LogP contribution in [0.25, 0.3) is 0 Å². The first-order valence-electron chi connectivity index (χ1n) is 4.40. The molecule has 0 aliphatic rings. The summed E-state index contributed by atoms with van der Waals surface area (Å²) >= 11 is 0. The number of carboxylic acids is 1. The van der Waals surface area contributed by atoms with Crippen LogP contribution < -0.4 is 0 Å². The van der Waals surface area contributed by atoms with Crippen LogP contribution in [0.4, 0.5) is 0 Å². The molecule has 0 aromatic rings. The Morgan fingerprint density at radius 2 is 2.25 bits per heavy atom. The molecule has 3 nitrogen and oxygen atoms in total. The Morgan fingerprint density at radius 1 is 1.75 bits per heavy atom.